The molecule has 30 heavy (non-hydrogen) atoms. The molecule has 0 radical (unpaired) electrons. The first-order valence-electron chi connectivity index (χ1n) is 10.2. The normalized spacial score (nSPS) is 12.7. The van der Waals surface area contributed by atoms with Crippen molar-refractivity contribution in [1.29, 1.82) is 0 Å². The Kier molecular flexibility index (Phi) is 8.99. The second kappa shape index (κ2) is 11.7. The molecular formula is C21H29N5O4. The standard InChI is InChI=1S/C21H29N5O4/c1-3-5-12-15(18(27)28)22-20-24-17(14-10-8-7-9-11-14)25-21(26-20)23-16(19(29)30)13-6-4-2/h7-11,15-16H,3-6,12-13H2,1-2H3,(H,27,28)(H,29,30)(H2,22,23,24,25,26)/t15-,16+. The lowest BCUT2D eigenvalue weighted by Crippen LogP contribution is -2.32. The van der Waals surface area contributed by atoms with E-state index in [0.717, 1.165) is 25.7 Å². The number of hydrogen-bond donors (Lipinski definition) is 4. The van der Waals surface area contributed by atoms with Gasteiger partial charge in [-0.2, -0.15) is 15.0 Å². The van der Waals surface area contributed by atoms with E-state index in [0.29, 0.717) is 24.2 Å². The number of hydrogen-bond acceptors (Lipinski definition) is 7. The summed E-state index contributed by atoms with van der Waals surface area (Å²) in [5.41, 5.74) is 0.715. The Morgan fingerprint density at radius 3 is 1.70 bits per heavy atom. The van der Waals surface area contributed by atoms with E-state index < -0.39 is 24.0 Å². The summed E-state index contributed by atoms with van der Waals surface area (Å²) in [4.78, 5) is 36.2. The Labute approximate surface area is 176 Å². The molecule has 0 bridgehead atoms. The molecule has 1 heterocycles. The zero-order valence-corrected chi connectivity index (χ0v) is 17.3. The van der Waals surface area contributed by atoms with Gasteiger partial charge >= 0.3 is 11.9 Å². The zero-order chi connectivity index (χ0) is 21.9. The van der Waals surface area contributed by atoms with Gasteiger partial charge in [-0.15, -0.1) is 0 Å². The van der Waals surface area contributed by atoms with Crippen LogP contribution in [0.3, 0.4) is 0 Å². The van der Waals surface area contributed by atoms with Gasteiger partial charge in [-0.25, -0.2) is 9.59 Å². The molecule has 0 aliphatic rings. The molecule has 0 amide bonds. The highest BCUT2D eigenvalue weighted by atomic mass is 16.4. The fraction of sp³-hybridized carbons (Fsp3) is 0.476. The zero-order valence-electron chi connectivity index (χ0n) is 17.3. The first-order chi connectivity index (χ1) is 14.4. The van der Waals surface area contributed by atoms with Gasteiger partial charge in [0.25, 0.3) is 0 Å². The van der Waals surface area contributed by atoms with Gasteiger partial charge in [-0.1, -0.05) is 69.9 Å². The van der Waals surface area contributed by atoms with Gasteiger partial charge in [0, 0.05) is 5.56 Å². The highest BCUT2D eigenvalue weighted by molar-refractivity contribution is 5.77. The number of benzene rings is 1. The van der Waals surface area contributed by atoms with Crippen molar-refractivity contribution in [1.82, 2.24) is 15.0 Å². The van der Waals surface area contributed by atoms with Gasteiger partial charge in [-0.05, 0) is 12.8 Å². The van der Waals surface area contributed by atoms with Crippen LogP contribution in [0.2, 0.25) is 0 Å². The molecule has 0 fully saturated rings. The summed E-state index contributed by atoms with van der Waals surface area (Å²) in [7, 11) is 0. The Hall–Kier alpha value is -3.23. The number of unbranched alkanes of at least 4 members (excludes halogenated alkanes) is 2. The molecule has 2 atom stereocenters. The Morgan fingerprint density at radius 1 is 0.833 bits per heavy atom. The predicted molar refractivity (Wildman–Crippen MR) is 114 cm³/mol. The molecule has 4 N–H and O–H groups in total. The van der Waals surface area contributed by atoms with E-state index in [1.165, 1.54) is 0 Å². The summed E-state index contributed by atoms with van der Waals surface area (Å²) in [5.74, 6) is -1.48. The second-order valence-corrected chi connectivity index (χ2v) is 7.03. The fourth-order valence-electron chi connectivity index (χ4n) is 2.86. The van der Waals surface area contributed by atoms with Gasteiger partial charge in [0.2, 0.25) is 11.9 Å². The van der Waals surface area contributed by atoms with Gasteiger partial charge in [0.1, 0.15) is 12.1 Å². The third kappa shape index (κ3) is 6.98. The van der Waals surface area contributed by atoms with Crippen molar-refractivity contribution in [3.05, 3.63) is 30.3 Å². The molecule has 9 nitrogen and oxygen atoms in total. The van der Waals surface area contributed by atoms with Crippen molar-refractivity contribution in [2.75, 3.05) is 10.6 Å². The van der Waals surface area contributed by atoms with Crippen LogP contribution in [-0.2, 0) is 9.59 Å². The second-order valence-electron chi connectivity index (χ2n) is 7.03. The van der Waals surface area contributed by atoms with Crippen LogP contribution in [-0.4, -0.2) is 49.2 Å². The number of anilines is 2. The molecule has 162 valence electrons. The van der Waals surface area contributed by atoms with Crippen molar-refractivity contribution in [2.24, 2.45) is 0 Å². The van der Waals surface area contributed by atoms with Crippen LogP contribution in [0.15, 0.2) is 30.3 Å². The van der Waals surface area contributed by atoms with Gasteiger partial charge in [0.15, 0.2) is 5.82 Å². The van der Waals surface area contributed by atoms with E-state index in [4.69, 9.17) is 0 Å². The smallest absolute Gasteiger partial charge is 0.326 e. The average molecular weight is 415 g/mol. The van der Waals surface area contributed by atoms with E-state index in [-0.39, 0.29) is 11.9 Å². The van der Waals surface area contributed by atoms with E-state index in [1.807, 2.05) is 44.2 Å². The highest BCUT2D eigenvalue weighted by Gasteiger charge is 2.22. The van der Waals surface area contributed by atoms with Crippen LogP contribution < -0.4 is 10.6 Å². The van der Waals surface area contributed by atoms with Crippen molar-refractivity contribution < 1.29 is 19.8 Å². The molecule has 0 spiro atoms. The minimum absolute atomic E-state index is 0.0921. The van der Waals surface area contributed by atoms with Crippen molar-refractivity contribution >= 4 is 23.8 Å². The lowest BCUT2D eigenvalue weighted by molar-refractivity contribution is -0.139. The topological polar surface area (TPSA) is 137 Å². The summed E-state index contributed by atoms with van der Waals surface area (Å²) in [5, 5.41) is 24.7. The van der Waals surface area contributed by atoms with Crippen LogP contribution in [0.25, 0.3) is 11.4 Å². The molecule has 0 unspecified atom stereocenters. The SMILES string of the molecule is CCCC[C@H](Nc1nc(N[C@H](CCCC)C(=O)O)nc(-c2ccccc2)n1)C(=O)O. The summed E-state index contributed by atoms with van der Waals surface area (Å²) < 4.78 is 0. The minimum Gasteiger partial charge on any atom is -0.480 e. The number of aliphatic carboxylic acids is 2. The van der Waals surface area contributed by atoms with Crippen LogP contribution in [0, 0.1) is 0 Å². The first kappa shape index (κ1) is 23.1. The fourth-order valence-corrected chi connectivity index (χ4v) is 2.86. The van der Waals surface area contributed by atoms with Crippen molar-refractivity contribution in [3.63, 3.8) is 0 Å². The van der Waals surface area contributed by atoms with Crippen LogP contribution >= 0.6 is 0 Å². The van der Waals surface area contributed by atoms with Crippen LogP contribution in [0.5, 0.6) is 0 Å². The molecular weight excluding hydrogens is 386 g/mol. The molecule has 1 aromatic carbocycles. The monoisotopic (exact) mass is 415 g/mol. The lowest BCUT2D eigenvalue weighted by atomic mass is 10.1. The Balaban J connectivity index is 2.37. The minimum atomic E-state index is -0.994. The van der Waals surface area contributed by atoms with Gasteiger partial charge < -0.3 is 20.8 Å². The quantitative estimate of drug-likeness (QED) is 0.386. The molecule has 0 aliphatic carbocycles. The number of carbonyl (C=O) groups is 2. The third-order valence-corrected chi connectivity index (χ3v) is 4.56. The molecule has 2 aromatic rings. The molecule has 9 heteroatoms. The maximum atomic E-state index is 11.6. The van der Waals surface area contributed by atoms with E-state index in [9.17, 15) is 19.8 Å². The number of aromatic nitrogens is 3. The molecule has 0 saturated heterocycles. The van der Waals surface area contributed by atoms with Gasteiger partial charge in [0.05, 0.1) is 0 Å². The maximum Gasteiger partial charge on any atom is 0.326 e. The van der Waals surface area contributed by atoms with E-state index >= 15 is 0 Å². The van der Waals surface area contributed by atoms with Crippen molar-refractivity contribution in [3.8, 4) is 11.4 Å². The number of nitrogens with zero attached hydrogens (tertiary/aromatic N) is 3. The molecule has 0 saturated carbocycles. The summed E-state index contributed by atoms with van der Waals surface area (Å²) in [6.07, 6.45) is 4.06. The Morgan fingerprint density at radius 2 is 1.30 bits per heavy atom. The van der Waals surface area contributed by atoms with Crippen LogP contribution in [0.1, 0.15) is 52.4 Å². The molecule has 2 rings (SSSR count). The number of carboxylic acid groups (broad SMARTS) is 2. The highest BCUT2D eigenvalue weighted by Crippen LogP contribution is 2.19. The average Bonchev–Trinajstić information content (AvgIpc) is 2.74. The number of nitrogens with one attached hydrogen (secondary N) is 2. The van der Waals surface area contributed by atoms with E-state index in [1.54, 1.807) is 0 Å². The largest absolute Gasteiger partial charge is 0.480 e. The number of rotatable bonds is 13. The lowest BCUT2D eigenvalue weighted by Gasteiger charge is -2.17. The molecule has 0 aliphatic heterocycles. The summed E-state index contributed by atoms with van der Waals surface area (Å²) in [6, 6.07) is 7.47. The van der Waals surface area contributed by atoms with Gasteiger partial charge in [-0.3, -0.25) is 0 Å². The summed E-state index contributed by atoms with van der Waals surface area (Å²) >= 11 is 0. The van der Waals surface area contributed by atoms with Crippen LogP contribution in [0.4, 0.5) is 11.9 Å². The third-order valence-electron chi connectivity index (χ3n) is 4.56. The summed E-state index contributed by atoms with van der Waals surface area (Å²) in [6.45, 7) is 3.97. The molecule has 1 aromatic heterocycles. The maximum absolute atomic E-state index is 11.6. The van der Waals surface area contributed by atoms with E-state index in [2.05, 4.69) is 25.6 Å². The first-order valence-corrected chi connectivity index (χ1v) is 10.2. The Bertz CT molecular complexity index is 785. The predicted octanol–water partition coefficient (Wildman–Crippen LogP) is 3.65. The van der Waals surface area contributed by atoms with Crippen molar-refractivity contribution in [2.45, 2.75) is 64.5 Å². The number of carboxylic acids is 2.